The minimum atomic E-state index is 0.289. The normalized spacial score (nSPS) is 25.2. The Morgan fingerprint density at radius 1 is 1.30 bits per heavy atom. The first-order valence-electron chi connectivity index (χ1n) is 7.17. The Labute approximate surface area is 122 Å². The molecule has 1 N–H and O–H groups in total. The van der Waals surface area contributed by atoms with E-state index in [1.54, 1.807) is 0 Å². The zero-order chi connectivity index (χ0) is 13.4. The lowest BCUT2D eigenvalue weighted by Crippen LogP contribution is -2.21. The van der Waals surface area contributed by atoms with Gasteiger partial charge >= 0.3 is 0 Å². The molecule has 2 aliphatic heterocycles. The first-order valence-corrected chi connectivity index (χ1v) is 8.22. The third-order valence-electron chi connectivity index (χ3n) is 4.05. The number of aromatic nitrogens is 2. The van der Waals surface area contributed by atoms with E-state index in [9.17, 15) is 0 Å². The van der Waals surface area contributed by atoms with Crippen LogP contribution in [0.1, 0.15) is 41.3 Å². The number of rotatable bonds is 2. The van der Waals surface area contributed by atoms with E-state index in [0.717, 1.165) is 24.7 Å². The molecule has 1 saturated heterocycles. The average Bonchev–Trinajstić information content (AvgIpc) is 3.17. The van der Waals surface area contributed by atoms with Gasteiger partial charge < -0.3 is 9.84 Å². The third kappa shape index (κ3) is 2.20. The number of anilines is 1. The lowest BCUT2D eigenvalue weighted by atomic mass is 9.94. The van der Waals surface area contributed by atoms with Gasteiger partial charge in [-0.05, 0) is 36.6 Å². The van der Waals surface area contributed by atoms with Crippen molar-refractivity contribution in [3.63, 3.8) is 0 Å². The summed E-state index contributed by atoms with van der Waals surface area (Å²) in [6.07, 6.45) is 3.41. The number of nitrogens with zero attached hydrogens (tertiary/aromatic N) is 2. The van der Waals surface area contributed by atoms with Gasteiger partial charge in [0.05, 0.1) is 11.2 Å². The van der Waals surface area contributed by atoms with E-state index >= 15 is 0 Å². The molecule has 2 aromatic rings. The van der Waals surface area contributed by atoms with Crippen LogP contribution >= 0.6 is 11.8 Å². The second-order valence-electron chi connectivity index (χ2n) is 5.43. The summed E-state index contributed by atoms with van der Waals surface area (Å²) in [6.45, 7) is 0.871. The molecular formula is C15H17N3OS. The molecule has 0 bridgehead atoms. The van der Waals surface area contributed by atoms with Crippen LogP contribution in [-0.2, 0) is 6.42 Å². The molecule has 0 spiro atoms. The van der Waals surface area contributed by atoms with Crippen molar-refractivity contribution in [1.82, 2.24) is 10.1 Å². The second-order valence-corrected chi connectivity index (χ2v) is 6.74. The molecule has 2 atom stereocenters. The van der Waals surface area contributed by atoms with E-state index in [4.69, 9.17) is 4.52 Å². The van der Waals surface area contributed by atoms with Gasteiger partial charge in [-0.3, -0.25) is 0 Å². The maximum absolute atomic E-state index is 5.52. The first kappa shape index (κ1) is 12.3. The van der Waals surface area contributed by atoms with Crippen LogP contribution in [0.15, 0.2) is 28.8 Å². The standard InChI is InChI=1S/C15H17N3OS/c1-2-5-12-10(4-1)8-11(9-16-12)15-17-14(18-19-15)13-6-3-7-20-13/h1-2,4-5,11,13,16H,3,6-9H2. The van der Waals surface area contributed by atoms with Gasteiger partial charge in [0.1, 0.15) is 0 Å². The quantitative estimate of drug-likeness (QED) is 0.917. The van der Waals surface area contributed by atoms with E-state index in [1.807, 2.05) is 11.8 Å². The Hall–Kier alpha value is -1.49. The fraction of sp³-hybridized carbons (Fsp3) is 0.467. The fourth-order valence-electron chi connectivity index (χ4n) is 2.94. The molecule has 0 saturated carbocycles. The highest BCUT2D eigenvalue weighted by atomic mass is 32.2. The second kappa shape index (κ2) is 5.13. The predicted octanol–water partition coefficient (Wildman–Crippen LogP) is 3.39. The molecule has 1 aromatic heterocycles. The molecule has 3 heterocycles. The predicted molar refractivity (Wildman–Crippen MR) is 80.1 cm³/mol. The van der Waals surface area contributed by atoms with Gasteiger partial charge in [0, 0.05) is 12.2 Å². The minimum Gasteiger partial charge on any atom is -0.384 e. The van der Waals surface area contributed by atoms with Crippen molar-refractivity contribution in [1.29, 1.82) is 0 Å². The van der Waals surface area contributed by atoms with Crippen molar-refractivity contribution in [2.24, 2.45) is 0 Å². The molecule has 104 valence electrons. The summed E-state index contributed by atoms with van der Waals surface area (Å²) >= 11 is 1.94. The molecule has 20 heavy (non-hydrogen) atoms. The Bertz CT molecular complexity index is 607. The van der Waals surface area contributed by atoms with Crippen LogP contribution in [0.25, 0.3) is 0 Å². The summed E-state index contributed by atoms with van der Waals surface area (Å²) in [5.41, 5.74) is 2.56. The summed E-state index contributed by atoms with van der Waals surface area (Å²) in [5.74, 6) is 3.18. The van der Waals surface area contributed by atoms with Crippen molar-refractivity contribution in [3.8, 4) is 0 Å². The van der Waals surface area contributed by atoms with Gasteiger partial charge in [-0.15, -0.1) is 0 Å². The zero-order valence-corrected chi connectivity index (χ0v) is 12.0. The fourth-order valence-corrected chi connectivity index (χ4v) is 4.14. The lowest BCUT2D eigenvalue weighted by molar-refractivity contribution is 0.349. The van der Waals surface area contributed by atoms with Crippen LogP contribution in [-0.4, -0.2) is 22.4 Å². The van der Waals surface area contributed by atoms with Crippen LogP contribution in [0.3, 0.4) is 0 Å². The summed E-state index contributed by atoms with van der Waals surface area (Å²) in [7, 11) is 0. The highest BCUT2D eigenvalue weighted by Crippen LogP contribution is 2.39. The number of benzene rings is 1. The highest BCUT2D eigenvalue weighted by Gasteiger charge is 2.27. The van der Waals surface area contributed by atoms with Crippen LogP contribution in [0.4, 0.5) is 5.69 Å². The average molecular weight is 287 g/mol. The van der Waals surface area contributed by atoms with Crippen molar-refractivity contribution in [2.45, 2.75) is 30.4 Å². The van der Waals surface area contributed by atoms with Crippen molar-refractivity contribution < 1.29 is 4.52 Å². The molecule has 2 unspecified atom stereocenters. The Balaban J connectivity index is 1.54. The smallest absolute Gasteiger partial charge is 0.231 e. The minimum absolute atomic E-state index is 0.289. The molecule has 4 rings (SSSR count). The summed E-state index contributed by atoms with van der Waals surface area (Å²) in [5, 5.41) is 8.09. The number of hydrogen-bond acceptors (Lipinski definition) is 5. The van der Waals surface area contributed by atoms with Crippen molar-refractivity contribution in [3.05, 3.63) is 41.5 Å². The number of thioether (sulfide) groups is 1. The van der Waals surface area contributed by atoms with Crippen molar-refractivity contribution in [2.75, 3.05) is 17.6 Å². The molecular weight excluding hydrogens is 270 g/mol. The molecule has 0 amide bonds. The molecule has 4 nitrogen and oxygen atoms in total. The van der Waals surface area contributed by atoms with Crippen LogP contribution < -0.4 is 5.32 Å². The molecule has 1 aromatic carbocycles. The Kier molecular flexibility index (Phi) is 3.14. The van der Waals surface area contributed by atoms with Crippen LogP contribution in [0.5, 0.6) is 0 Å². The molecule has 2 aliphatic rings. The number of fused-ring (bicyclic) bond motifs is 1. The summed E-state index contributed by atoms with van der Waals surface area (Å²) < 4.78 is 5.52. The molecule has 1 fully saturated rings. The lowest BCUT2D eigenvalue weighted by Gasteiger charge is -2.23. The van der Waals surface area contributed by atoms with Crippen LogP contribution in [0.2, 0.25) is 0 Å². The van der Waals surface area contributed by atoms with Gasteiger partial charge in [0.15, 0.2) is 5.82 Å². The number of nitrogens with one attached hydrogen (secondary N) is 1. The topological polar surface area (TPSA) is 51.0 Å². The van der Waals surface area contributed by atoms with E-state index in [0.29, 0.717) is 5.25 Å². The molecule has 5 heteroatoms. The van der Waals surface area contributed by atoms with Crippen LogP contribution in [0, 0.1) is 0 Å². The maximum Gasteiger partial charge on any atom is 0.231 e. The summed E-state index contributed by atoms with van der Waals surface area (Å²) in [4.78, 5) is 4.65. The first-order chi connectivity index (χ1) is 9.90. The highest BCUT2D eigenvalue weighted by molar-refractivity contribution is 7.99. The third-order valence-corrected chi connectivity index (χ3v) is 5.42. The van der Waals surface area contributed by atoms with Gasteiger partial charge in [-0.1, -0.05) is 23.4 Å². The number of para-hydroxylation sites is 1. The molecule has 0 aliphatic carbocycles. The Morgan fingerprint density at radius 3 is 3.15 bits per heavy atom. The molecule has 0 radical (unpaired) electrons. The van der Waals surface area contributed by atoms with Crippen molar-refractivity contribution >= 4 is 17.4 Å². The monoisotopic (exact) mass is 287 g/mol. The zero-order valence-electron chi connectivity index (χ0n) is 11.2. The Morgan fingerprint density at radius 2 is 2.25 bits per heavy atom. The van der Waals surface area contributed by atoms with Gasteiger partial charge in [0.25, 0.3) is 0 Å². The van der Waals surface area contributed by atoms with E-state index in [2.05, 4.69) is 39.7 Å². The maximum atomic E-state index is 5.52. The summed E-state index contributed by atoms with van der Waals surface area (Å²) in [6, 6.07) is 8.43. The van der Waals surface area contributed by atoms with E-state index in [-0.39, 0.29) is 5.92 Å². The number of hydrogen-bond donors (Lipinski definition) is 1. The SMILES string of the molecule is c1ccc2c(c1)CC(c1nc(C3CCCS3)no1)CN2. The van der Waals surface area contributed by atoms with E-state index in [1.165, 1.54) is 29.8 Å². The largest absolute Gasteiger partial charge is 0.384 e. The van der Waals surface area contributed by atoms with Gasteiger partial charge in [0.2, 0.25) is 5.89 Å². The van der Waals surface area contributed by atoms with E-state index < -0.39 is 0 Å². The van der Waals surface area contributed by atoms with Gasteiger partial charge in [-0.2, -0.15) is 16.7 Å². The van der Waals surface area contributed by atoms with Gasteiger partial charge in [-0.25, -0.2) is 0 Å².